The monoisotopic (exact) mass is 262 g/mol. The summed E-state index contributed by atoms with van der Waals surface area (Å²) in [4.78, 5) is 26.7. The van der Waals surface area contributed by atoms with Crippen molar-refractivity contribution in [2.75, 3.05) is 0 Å². The van der Waals surface area contributed by atoms with E-state index in [0.29, 0.717) is 5.92 Å². The van der Waals surface area contributed by atoms with Gasteiger partial charge in [0, 0.05) is 6.04 Å². The van der Waals surface area contributed by atoms with Crippen LogP contribution < -0.4 is 5.32 Å². The molecule has 0 radical (unpaired) electrons. The van der Waals surface area contributed by atoms with Crippen LogP contribution in [0.1, 0.15) is 53.6 Å². The van der Waals surface area contributed by atoms with E-state index < -0.39 is 5.97 Å². The molecule has 1 aliphatic rings. The first-order valence-electron chi connectivity index (χ1n) is 6.59. The Balaban J connectivity index is 2.07. The molecule has 2 rings (SSSR count). The number of aromatic nitrogens is 1. The lowest BCUT2D eigenvalue weighted by molar-refractivity contribution is 0.0690. The van der Waals surface area contributed by atoms with Crippen LogP contribution >= 0.6 is 0 Å². The molecule has 19 heavy (non-hydrogen) atoms. The molecule has 0 saturated heterocycles. The van der Waals surface area contributed by atoms with Crippen LogP contribution in [0.25, 0.3) is 0 Å². The van der Waals surface area contributed by atoms with Crippen LogP contribution in [-0.4, -0.2) is 28.0 Å². The third-order valence-electron chi connectivity index (χ3n) is 3.63. The molecule has 2 N–H and O–H groups in total. The number of carbonyl (C=O) groups excluding carboxylic acids is 1. The van der Waals surface area contributed by atoms with Crippen LogP contribution in [0.2, 0.25) is 0 Å². The second-order valence-electron chi connectivity index (χ2n) is 5.05. The summed E-state index contributed by atoms with van der Waals surface area (Å²) in [6.45, 7) is 2.13. The van der Waals surface area contributed by atoms with E-state index in [1.165, 1.54) is 24.6 Å². The van der Waals surface area contributed by atoms with Gasteiger partial charge in [-0.15, -0.1) is 0 Å². The first-order valence-corrected chi connectivity index (χ1v) is 6.59. The van der Waals surface area contributed by atoms with Crippen molar-refractivity contribution in [1.82, 2.24) is 10.3 Å². The van der Waals surface area contributed by atoms with Gasteiger partial charge in [-0.05, 0) is 30.9 Å². The Kier molecular flexibility index (Phi) is 4.14. The van der Waals surface area contributed by atoms with Gasteiger partial charge >= 0.3 is 5.97 Å². The summed E-state index contributed by atoms with van der Waals surface area (Å²) >= 11 is 0. The predicted octanol–water partition coefficient (Wildman–Crippen LogP) is 2.09. The highest BCUT2D eigenvalue weighted by Gasteiger charge is 2.23. The Bertz CT molecular complexity index is 487. The van der Waals surface area contributed by atoms with Crippen molar-refractivity contribution in [3.8, 4) is 0 Å². The summed E-state index contributed by atoms with van der Waals surface area (Å²) in [7, 11) is 0. The SMILES string of the molecule is CC1CCCCC1NC(=O)c1cccc(C(=O)O)n1. The van der Waals surface area contributed by atoms with Gasteiger partial charge in [-0.1, -0.05) is 25.8 Å². The van der Waals surface area contributed by atoms with Gasteiger partial charge in [0.1, 0.15) is 11.4 Å². The molecule has 2 unspecified atom stereocenters. The van der Waals surface area contributed by atoms with E-state index in [-0.39, 0.29) is 23.3 Å². The molecule has 102 valence electrons. The highest BCUT2D eigenvalue weighted by atomic mass is 16.4. The number of carbonyl (C=O) groups is 2. The molecule has 5 nitrogen and oxygen atoms in total. The fourth-order valence-corrected chi connectivity index (χ4v) is 2.45. The lowest BCUT2D eigenvalue weighted by Gasteiger charge is -2.29. The summed E-state index contributed by atoms with van der Waals surface area (Å²) in [5.41, 5.74) is 0.0574. The number of pyridine rings is 1. The molecule has 1 aromatic rings. The summed E-state index contributed by atoms with van der Waals surface area (Å²) < 4.78 is 0. The van der Waals surface area contributed by atoms with E-state index >= 15 is 0 Å². The van der Waals surface area contributed by atoms with E-state index in [0.717, 1.165) is 19.3 Å². The van der Waals surface area contributed by atoms with Crippen LogP contribution in [-0.2, 0) is 0 Å². The number of amides is 1. The molecule has 2 atom stereocenters. The van der Waals surface area contributed by atoms with Crippen molar-refractivity contribution in [2.45, 2.75) is 38.6 Å². The van der Waals surface area contributed by atoms with Gasteiger partial charge in [0.25, 0.3) is 5.91 Å². The van der Waals surface area contributed by atoms with Gasteiger partial charge in [-0.3, -0.25) is 4.79 Å². The fourth-order valence-electron chi connectivity index (χ4n) is 2.45. The number of rotatable bonds is 3. The Morgan fingerprint density at radius 1 is 1.26 bits per heavy atom. The van der Waals surface area contributed by atoms with Crippen molar-refractivity contribution in [2.24, 2.45) is 5.92 Å². The summed E-state index contributed by atoms with van der Waals surface area (Å²) in [5, 5.41) is 11.8. The Labute approximate surface area is 112 Å². The van der Waals surface area contributed by atoms with E-state index in [1.807, 2.05) is 0 Å². The maximum atomic E-state index is 12.1. The lowest BCUT2D eigenvalue weighted by atomic mass is 9.86. The third kappa shape index (κ3) is 3.30. The number of aromatic carboxylic acids is 1. The molecule has 1 amide bonds. The molecule has 0 bridgehead atoms. The number of nitrogens with zero attached hydrogens (tertiary/aromatic N) is 1. The molecular weight excluding hydrogens is 244 g/mol. The minimum atomic E-state index is -1.12. The molecule has 5 heteroatoms. The van der Waals surface area contributed by atoms with Crippen LogP contribution in [0.4, 0.5) is 0 Å². The second-order valence-corrected chi connectivity index (χ2v) is 5.05. The molecule has 0 spiro atoms. The van der Waals surface area contributed by atoms with Crippen molar-refractivity contribution in [3.63, 3.8) is 0 Å². The zero-order valence-electron chi connectivity index (χ0n) is 10.9. The minimum absolute atomic E-state index is 0.107. The predicted molar refractivity (Wildman–Crippen MR) is 70.1 cm³/mol. The highest BCUT2D eigenvalue weighted by Crippen LogP contribution is 2.23. The van der Waals surface area contributed by atoms with E-state index in [9.17, 15) is 9.59 Å². The number of nitrogens with one attached hydrogen (secondary N) is 1. The van der Waals surface area contributed by atoms with Gasteiger partial charge in [-0.25, -0.2) is 9.78 Å². The summed E-state index contributed by atoms with van der Waals surface area (Å²) in [6, 6.07) is 4.62. The standard InChI is InChI=1S/C14H18N2O3/c1-9-5-2-3-6-10(9)16-13(17)11-7-4-8-12(15-11)14(18)19/h4,7-10H,2-3,5-6H2,1H3,(H,16,17)(H,18,19). The van der Waals surface area contributed by atoms with Gasteiger partial charge in [0.2, 0.25) is 0 Å². The maximum Gasteiger partial charge on any atom is 0.354 e. The minimum Gasteiger partial charge on any atom is -0.477 e. The zero-order chi connectivity index (χ0) is 13.8. The molecule has 0 aromatic carbocycles. The molecule has 1 fully saturated rings. The van der Waals surface area contributed by atoms with Crippen molar-refractivity contribution >= 4 is 11.9 Å². The normalized spacial score (nSPS) is 22.8. The van der Waals surface area contributed by atoms with Crippen LogP contribution in [0.3, 0.4) is 0 Å². The van der Waals surface area contributed by atoms with Gasteiger partial charge < -0.3 is 10.4 Å². The van der Waals surface area contributed by atoms with Gasteiger partial charge in [0.15, 0.2) is 0 Å². The molecule has 1 heterocycles. The lowest BCUT2D eigenvalue weighted by Crippen LogP contribution is -2.41. The second kappa shape index (κ2) is 5.82. The summed E-state index contributed by atoms with van der Waals surface area (Å²) in [5.74, 6) is -0.956. The topological polar surface area (TPSA) is 79.3 Å². The quantitative estimate of drug-likeness (QED) is 0.874. The first-order chi connectivity index (χ1) is 9.08. The third-order valence-corrected chi connectivity index (χ3v) is 3.63. The Hall–Kier alpha value is -1.91. The van der Waals surface area contributed by atoms with Crippen LogP contribution in [0.5, 0.6) is 0 Å². The van der Waals surface area contributed by atoms with E-state index in [4.69, 9.17) is 5.11 Å². The van der Waals surface area contributed by atoms with Gasteiger partial charge in [-0.2, -0.15) is 0 Å². The number of hydrogen-bond acceptors (Lipinski definition) is 3. The van der Waals surface area contributed by atoms with Crippen molar-refractivity contribution in [1.29, 1.82) is 0 Å². The first kappa shape index (κ1) is 13.5. The smallest absolute Gasteiger partial charge is 0.354 e. The number of carboxylic acid groups (broad SMARTS) is 1. The maximum absolute atomic E-state index is 12.1. The largest absolute Gasteiger partial charge is 0.477 e. The van der Waals surface area contributed by atoms with Crippen LogP contribution in [0, 0.1) is 5.92 Å². The van der Waals surface area contributed by atoms with Crippen LogP contribution in [0.15, 0.2) is 18.2 Å². The van der Waals surface area contributed by atoms with E-state index in [1.54, 1.807) is 0 Å². The molecular formula is C14H18N2O3. The zero-order valence-corrected chi connectivity index (χ0v) is 10.9. The van der Waals surface area contributed by atoms with Crippen molar-refractivity contribution < 1.29 is 14.7 Å². The highest BCUT2D eigenvalue weighted by molar-refractivity contribution is 5.94. The molecule has 1 saturated carbocycles. The fraction of sp³-hybridized carbons (Fsp3) is 0.500. The number of hydrogen-bond donors (Lipinski definition) is 2. The molecule has 1 aliphatic carbocycles. The van der Waals surface area contributed by atoms with E-state index in [2.05, 4.69) is 17.2 Å². The molecule has 1 aromatic heterocycles. The van der Waals surface area contributed by atoms with Crippen molar-refractivity contribution in [3.05, 3.63) is 29.6 Å². The Morgan fingerprint density at radius 2 is 1.95 bits per heavy atom. The number of carboxylic acids is 1. The Morgan fingerprint density at radius 3 is 2.63 bits per heavy atom. The molecule has 0 aliphatic heterocycles. The van der Waals surface area contributed by atoms with Gasteiger partial charge in [0.05, 0.1) is 0 Å². The average Bonchev–Trinajstić information content (AvgIpc) is 2.41. The average molecular weight is 262 g/mol. The summed E-state index contributed by atoms with van der Waals surface area (Å²) in [6.07, 6.45) is 4.43.